The molecule has 1 aliphatic heterocycles. The zero-order valence-corrected chi connectivity index (χ0v) is 18.8. The Balaban J connectivity index is 1.33. The Kier molecular flexibility index (Phi) is 5.86. The van der Waals surface area contributed by atoms with E-state index in [9.17, 15) is 13.2 Å². The van der Waals surface area contributed by atoms with Crippen LogP contribution in [-0.2, 0) is 6.18 Å². The Hall–Kier alpha value is -3.61. The monoisotopic (exact) mass is 488 g/mol. The van der Waals surface area contributed by atoms with Crippen LogP contribution in [0.2, 0.25) is 0 Å². The van der Waals surface area contributed by atoms with Gasteiger partial charge in [0.15, 0.2) is 5.13 Å². The van der Waals surface area contributed by atoms with Crippen LogP contribution in [0.3, 0.4) is 0 Å². The summed E-state index contributed by atoms with van der Waals surface area (Å²) in [5, 5.41) is 7.40. The molecule has 1 fully saturated rings. The van der Waals surface area contributed by atoms with E-state index in [4.69, 9.17) is 0 Å². The number of pyridine rings is 1. The molecular weight excluding hydrogens is 469 g/mol. The number of hydrogen-bond acceptors (Lipinski definition) is 10. The van der Waals surface area contributed by atoms with E-state index in [0.717, 1.165) is 40.9 Å². The highest BCUT2D eigenvalue weighted by molar-refractivity contribution is 7.15. The molecule has 5 heterocycles. The summed E-state index contributed by atoms with van der Waals surface area (Å²) in [6.07, 6.45) is 0.409. The van der Waals surface area contributed by atoms with Gasteiger partial charge in [0.2, 0.25) is 5.82 Å². The van der Waals surface area contributed by atoms with E-state index in [-0.39, 0.29) is 17.4 Å². The minimum Gasteiger partial charge on any atom is -0.356 e. The van der Waals surface area contributed by atoms with Crippen LogP contribution in [-0.4, -0.2) is 43.2 Å². The molecule has 0 spiro atoms. The van der Waals surface area contributed by atoms with E-state index >= 15 is 0 Å². The van der Waals surface area contributed by atoms with Crippen molar-refractivity contribution >= 4 is 28.1 Å². The van der Waals surface area contributed by atoms with Crippen molar-refractivity contribution in [2.24, 2.45) is 0 Å². The molecule has 1 saturated heterocycles. The highest BCUT2D eigenvalue weighted by Crippen LogP contribution is 2.32. The highest BCUT2D eigenvalue weighted by Gasteiger charge is 2.38. The maximum atomic E-state index is 12.8. The number of rotatable bonds is 5. The predicted molar refractivity (Wildman–Crippen MR) is 119 cm³/mol. The summed E-state index contributed by atoms with van der Waals surface area (Å²) in [6.45, 7) is 3.46. The molecule has 0 saturated carbocycles. The number of hydrogen-bond donors (Lipinski definition) is 1. The summed E-state index contributed by atoms with van der Waals surface area (Å²) in [7, 11) is 0. The van der Waals surface area contributed by atoms with Crippen LogP contribution in [0.5, 0.6) is 0 Å². The fraction of sp³-hybridized carbons (Fsp3) is 0.333. The fourth-order valence-electron chi connectivity index (χ4n) is 3.78. The normalized spacial score (nSPS) is 16.6. The molecule has 5 rings (SSSR count). The molecule has 0 aliphatic carbocycles. The van der Waals surface area contributed by atoms with Crippen LogP contribution >= 0.6 is 11.3 Å². The van der Waals surface area contributed by atoms with Crippen molar-refractivity contribution < 1.29 is 17.7 Å². The number of nitrogens with one attached hydrogen (secondary N) is 1. The number of alkyl halides is 3. The number of nitrogens with zero attached hydrogens (tertiary/aromatic N) is 7. The van der Waals surface area contributed by atoms with Gasteiger partial charge in [-0.25, -0.2) is 19.9 Å². The number of halogens is 3. The largest absolute Gasteiger partial charge is 0.471 e. The molecule has 4 aromatic heterocycles. The van der Waals surface area contributed by atoms with Crippen LogP contribution in [0.4, 0.5) is 29.9 Å². The van der Waals surface area contributed by atoms with Crippen molar-refractivity contribution in [1.29, 1.82) is 0 Å². The van der Waals surface area contributed by atoms with Gasteiger partial charge in [0.25, 0.3) is 0 Å². The molecule has 0 amide bonds. The Bertz CT molecular complexity index is 1290. The molecule has 176 valence electrons. The number of thiazole rings is 1. The van der Waals surface area contributed by atoms with E-state index in [0.29, 0.717) is 12.4 Å². The van der Waals surface area contributed by atoms with Crippen LogP contribution < -0.4 is 10.2 Å². The van der Waals surface area contributed by atoms with Gasteiger partial charge in [0.1, 0.15) is 23.7 Å². The Morgan fingerprint density at radius 2 is 2.06 bits per heavy atom. The molecule has 1 atom stereocenters. The van der Waals surface area contributed by atoms with Crippen molar-refractivity contribution in [3.05, 3.63) is 53.3 Å². The summed E-state index contributed by atoms with van der Waals surface area (Å²) in [5.41, 5.74) is 0.993. The lowest BCUT2D eigenvalue weighted by Crippen LogP contribution is -2.35. The number of aryl methyl sites for hydroxylation is 1. The van der Waals surface area contributed by atoms with Crippen LogP contribution in [0.25, 0.3) is 11.5 Å². The smallest absolute Gasteiger partial charge is 0.356 e. The van der Waals surface area contributed by atoms with Gasteiger partial charge in [0, 0.05) is 41.8 Å². The molecular formula is C21H19F3N8OS. The number of piperidine rings is 1. The van der Waals surface area contributed by atoms with E-state index < -0.39 is 12.1 Å². The summed E-state index contributed by atoms with van der Waals surface area (Å²) in [6, 6.07) is 7.04. The Morgan fingerprint density at radius 3 is 2.82 bits per heavy atom. The minimum atomic E-state index is -4.70. The van der Waals surface area contributed by atoms with E-state index in [1.54, 1.807) is 29.7 Å². The van der Waals surface area contributed by atoms with Gasteiger partial charge in [-0.2, -0.15) is 18.2 Å². The lowest BCUT2D eigenvalue weighted by atomic mass is 9.94. The lowest BCUT2D eigenvalue weighted by Gasteiger charge is -2.33. The van der Waals surface area contributed by atoms with Gasteiger partial charge in [-0.1, -0.05) is 11.2 Å². The maximum absolute atomic E-state index is 12.8. The topological polar surface area (TPSA) is 106 Å². The molecule has 1 N–H and O–H groups in total. The van der Waals surface area contributed by atoms with Crippen molar-refractivity contribution in [1.82, 2.24) is 30.1 Å². The molecule has 1 aliphatic rings. The van der Waals surface area contributed by atoms with Crippen LogP contribution in [0, 0.1) is 6.92 Å². The quantitative estimate of drug-likeness (QED) is 0.423. The molecule has 0 aromatic carbocycles. The van der Waals surface area contributed by atoms with Crippen LogP contribution in [0.1, 0.15) is 35.2 Å². The lowest BCUT2D eigenvalue weighted by molar-refractivity contribution is -0.159. The number of anilines is 3. The first-order chi connectivity index (χ1) is 16.3. The Morgan fingerprint density at radius 1 is 1.18 bits per heavy atom. The molecule has 13 heteroatoms. The zero-order valence-electron chi connectivity index (χ0n) is 18.0. The minimum absolute atomic E-state index is 0.0654. The zero-order chi connectivity index (χ0) is 23.7. The first kappa shape index (κ1) is 22.2. The third-order valence-electron chi connectivity index (χ3n) is 5.34. The highest BCUT2D eigenvalue weighted by atomic mass is 32.1. The predicted octanol–water partition coefficient (Wildman–Crippen LogP) is 4.83. The molecule has 0 bridgehead atoms. The molecule has 0 radical (unpaired) electrons. The van der Waals surface area contributed by atoms with Gasteiger partial charge >= 0.3 is 12.1 Å². The van der Waals surface area contributed by atoms with Crippen molar-refractivity contribution in [2.75, 3.05) is 23.3 Å². The SMILES string of the molecule is Cc1cnc(Nc2cc(N3CCCC(c4cccc(-c5noc(C(F)(F)F)n5)n4)C3)ncn2)s1. The average molecular weight is 488 g/mol. The first-order valence-electron chi connectivity index (χ1n) is 10.5. The third kappa shape index (κ3) is 4.83. The summed E-state index contributed by atoms with van der Waals surface area (Å²) in [4.78, 5) is 24.2. The Labute approximate surface area is 196 Å². The van der Waals surface area contributed by atoms with E-state index in [1.807, 2.05) is 19.1 Å². The molecule has 1 unspecified atom stereocenters. The maximum Gasteiger partial charge on any atom is 0.471 e. The van der Waals surface area contributed by atoms with Gasteiger partial charge in [-0.05, 0) is 31.9 Å². The second-order valence-electron chi connectivity index (χ2n) is 7.82. The molecule has 9 nitrogen and oxygen atoms in total. The van der Waals surface area contributed by atoms with Gasteiger partial charge in [-0.3, -0.25) is 0 Å². The summed E-state index contributed by atoms with van der Waals surface area (Å²) < 4.78 is 42.7. The average Bonchev–Trinajstić information content (AvgIpc) is 3.49. The molecule has 34 heavy (non-hydrogen) atoms. The number of aromatic nitrogens is 6. The van der Waals surface area contributed by atoms with E-state index in [1.165, 1.54) is 6.33 Å². The van der Waals surface area contributed by atoms with Crippen molar-refractivity contribution in [3.8, 4) is 11.5 Å². The van der Waals surface area contributed by atoms with Crippen molar-refractivity contribution in [2.45, 2.75) is 31.9 Å². The van der Waals surface area contributed by atoms with Crippen molar-refractivity contribution in [3.63, 3.8) is 0 Å². The first-order valence-corrected chi connectivity index (χ1v) is 11.3. The summed E-state index contributed by atoms with van der Waals surface area (Å²) >= 11 is 1.54. The van der Waals surface area contributed by atoms with Gasteiger partial charge < -0.3 is 14.7 Å². The van der Waals surface area contributed by atoms with E-state index in [2.05, 4.69) is 44.8 Å². The standard InChI is InChI=1S/C21H19F3N8OS/c1-12-9-25-20(34-12)29-16-8-17(27-11-26-16)32-7-3-4-13(10-32)14-5-2-6-15(28-14)18-30-19(33-31-18)21(22,23)24/h2,5-6,8-9,11,13H,3-4,7,10H2,1H3,(H,25,26,27,29). The second kappa shape index (κ2) is 8.97. The summed E-state index contributed by atoms with van der Waals surface area (Å²) in [5.74, 6) is -0.0834. The molecule has 4 aromatic rings. The van der Waals surface area contributed by atoms with Gasteiger partial charge in [0.05, 0.1) is 0 Å². The fourth-order valence-corrected chi connectivity index (χ4v) is 4.45. The van der Waals surface area contributed by atoms with Gasteiger partial charge in [-0.15, -0.1) is 11.3 Å². The second-order valence-corrected chi connectivity index (χ2v) is 9.05. The third-order valence-corrected chi connectivity index (χ3v) is 6.17. The van der Waals surface area contributed by atoms with Crippen LogP contribution in [0.15, 0.2) is 41.3 Å².